The molecule has 110 valence electrons. The zero-order valence-electron chi connectivity index (χ0n) is 13.0. The molecule has 0 saturated heterocycles. The smallest absolute Gasteiger partial charge is 0.246 e. The molecule has 0 aliphatic rings. The molecule has 0 N–H and O–H groups in total. The van der Waals surface area contributed by atoms with Crippen molar-refractivity contribution in [3.8, 4) is 0 Å². The lowest BCUT2D eigenvalue weighted by Gasteiger charge is -2.36. The molecule has 0 fully saturated rings. The van der Waals surface area contributed by atoms with E-state index in [-0.39, 0.29) is 17.0 Å². The van der Waals surface area contributed by atoms with Crippen molar-refractivity contribution in [2.45, 2.75) is 58.6 Å². The molecule has 4 nitrogen and oxygen atoms in total. The van der Waals surface area contributed by atoms with Gasteiger partial charge in [0.2, 0.25) is 5.91 Å². The molecule has 0 atom stereocenters. The summed E-state index contributed by atoms with van der Waals surface area (Å²) in [5, 5.41) is 0. The minimum Gasteiger partial charge on any atom is -0.375 e. The minimum atomic E-state index is -0.311. The molecule has 0 aromatic rings. The van der Waals surface area contributed by atoms with Crippen LogP contribution in [0, 0.1) is 0 Å². The van der Waals surface area contributed by atoms with Gasteiger partial charge in [0, 0.05) is 25.3 Å². The Morgan fingerprint density at radius 3 is 2.32 bits per heavy atom. The number of nitrogens with zero attached hydrogens (tertiary/aromatic N) is 1. The van der Waals surface area contributed by atoms with E-state index in [4.69, 9.17) is 4.74 Å². The Morgan fingerprint density at radius 2 is 1.84 bits per heavy atom. The molecule has 0 spiro atoms. The molecule has 0 aromatic carbocycles. The van der Waals surface area contributed by atoms with Gasteiger partial charge in [-0.15, -0.1) is 0 Å². The molecule has 0 aromatic heterocycles. The summed E-state index contributed by atoms with van der Waals surface area (Å²) < 4.78 is 5.81. The van der Waals surface area contributed by atoms with Crippen LogP contribution in [0.2, 0.25) is 0 Å². The van der Waals surface area contributed by atoms with Gasteiger partial charge in [0.15, 0.2) is 0 Å². The Balaban J connectivity index is 4.41. The second-order valence-electron chi connectivity index (χ2n) is 5.92. The van der Waals surface area contributed by atoms with Crippen molar-refractivity contribution in [2.75, 3.05) is 13.7 Å². The summed E-state index contributed by atoms with van der Waals surface area (Å²) in [5.41, 5.74) is -0.440. The van der Waals surface area contributed by atoms with E-state index in [1.165, 1.54) is 12.2 Å². The van der Waals surface area contributed by atoms with Gasteiger partial charge in [0.05, 0.1) is 5.60 Å². The molecule has 0 aliphatic heterocycles. The fourth-order valence-corrected chi connectivity index (χ4v) is 1.38. The van der Waals surface area contributed by atoms with Crippen LogP contribution in [0.25, 0.3) is 0 Å². The SMILES string of the molecule is CCC(C)(C)OCCC(C)(C)N(C)C(=O)/C=C\C=O. The number of aldehydes is 1. The highest BCUT2D eigenvalue weighted by Crippen LogP contribution is 2.20. The topological polar surface area (TPSA) is 46.6 Å². The number of ether oxygens (including phenoxy) is 1. The summed E-state index contributed by atoms with van der Waals surface area (Å²) in [6.45, 7) is 10.8. The van der Waals surface area contributed by atoms with Crippen LogP contribution < -0.4 is 0 Å². The molecule has 0 rings (SSSR count). The normalized spacial score (nSPS) is 12.7. The van der Waals surface area contributed by atoms with Crippen LogP contribution in [0.1, 0.15) is 47.5 Å². The van der Waals surface area contributed by atoms with E-state index in [1.807, 2.05) is 13.8 Å². The largest absolute Gasteiger partial charge is 0.375 e. The molecular weight excluding hydrogens is 242 g/mol. The molecule has 0 radical (unpaired) electrons. The number of hydrogen-bond donors (Lipinski definition) is 0. The lowest BCUT2D eigenvalue weighted by molar-refractivity contribution is -0.130. The first kappa shape index (κ1) is 17.8. The first-order valence-corrected chi connectivity index (χ1v) is 6.70. The fraction of sp³-hybridized carbons (Fsp3) is 0.733. The van der Waals surface area contributed by atoms with Crippen molar-refractivity contribution in [3.63, 3.8) is 0 Å². The second-order valence-corrected chi connectivity index (χ2v) is 5.92. The van der Waals surface area contributed by atoms with Crippen molar-refractivity contribution in [1.82, 2.24) is 4.90 Å². The van der Waals surface area contributed by atoms with E-state index in [2.05, 4.69) is 20.8 Å². The summed E-state index contributed by atoms with van der Waals surface area (Å²) in [5.74, 6) is -0.174. The van der Waals surface area contributed by atoms with Gasteiger partial charge < -0.3 is 9.64 Å². The van der Waals surface area contributed by atoms with Crippen LogP contribution in [0.5, 0.6) is 0 Å². The quantitative estimate of drug-likeness (QED) is 0.502. The first-order valence-electron chi connectivity index (χ1n) is 6.70. The molecular formula is C15H27NO3. The molecule has 0 bridgehead atoms. The number of amides is 1. The third-order valence-electron chi connectivity index (χ3n) is 3.61. The maximum Gasteiger partial charge on any atom is 0.246 e. The number of hydrogen-bond acceptors (Lipinski definition) is 3. The summed E-state index contributed by atoms with van der Waals surface area (Å²) >= 11 is 0. The number of rotatable bonds is 8. The lowest BCUT2D eigenvalue weighted by atomic mass is 9.98. The van der Waals surface area contributed by atoms with E-state index < -0.39 is 0 Å². The molecule has 0 unspecified atom stereocenters. The molecule has 1 amide bonds. The third kappa shape index (κ3) is 6.53. The fourth-order valence-electron chi connectivity index (χ4n) is 1.38. The monoisotopic (exact) mass is 269 g/mol. The molecule has 19 heavy (non-hydrogen) atoms. The molecule has 0 saturated carbocycles. The van der Waals surface area contributed by atoms with Crippen LogP contribution in [-0.4, -0.2) is 41.9 Å². The van der Waals surface area contributed by atoms with Gasteiger partial charge in [-0.05, 0) is 46.6 Å². The summed E-state index contributed by atoms with van der Waals surface area (Å²) in [6, 6.07) is 0. The Bertz CT molecular complexity index is 332. The number of likely N-dealkylation sites (N-methyl/N-ethyl adjacent to an activating group) is 1. The van der Waals surface area contributed by atoms with Crippen molar-refractivity contribution in [2.24, 2.45) is 0 Å². The van der Waals surface area contributed by atoms with E-state index in [1.54, 1.807) is 11.9 Å². The zero-order valence-corrected chi connectivity index (χ0v) is 13.0. The summed E-state index contributed by atoms with van der Waals surface area (Å²) in [6.07, 6.45) is 4.79. The van der Waals surface area contributed by atoms with E-state index in [0.29, 0.717) is 12.9 Å². The van der Waals surface area contributed by atoms with E-state index in [9.17, 15) is 9.59 Å². The average Bonchev–Trinajstić information content (AvgIpc) is 2.34. The predicted octanol–water partition coefficient (Wildman–Crippen LogP) is 2.57. The maximum atomic E-state index is 11.8. The van der Waals surface area contributed by atoms with Gasteiger partial charge in [-0.2, -0.15) is 0 Å². The van der Waals surface area contributed by atoms with Gasteiger partial charge in [-0.25, -0.2) is 0 Å². The van der Waals surface area contributed by atoms with Crippen LogP contribution in [-0.2, 0) is 14.3 Å². The van der Waals surface area contributed by atoms with Crippen molar-refractivity contribution in [1.29, 1.82) is 0 Å². The van der Waals surface area contributed by atoms with E-state index in [0.717, 1.165) is 12.8 Å². The second kappa shape index (κ2) is 7.43. The predicted molar refractivity (Wildman–Crippen MR) is 77.0 cm³/mol. The maximum absolute atomic E-state index is 11.8. The Kier molecular flexibility index (Phi) is 6.98. The van der Waals surface area contributed by atoms with Crippen LogP contribution in [0.4, 0.5) is 0 Å². The first-order chi connectivity index (χ1) is 8.66. The minimum absolute atomic E-state index is 0.129. The number of carbonyl (C=O) groups excluding carboxylic acids is 2. The van der Waals surface area contributed by atoms with Crippen LogP contribution in [0.3, 0.4) is 0 Å². The Hall–Kier alpha value is -1.16. The van der Waals surface area contributed by atoms with Crippen molar-refractivity contribution < 1.29 is 14.3 Å². The molecule has 4 heteroatoms. The average molecular weight is 269 g/mol. The standard InChI is InChI=1S/C15H27NO3/c1-7-15(4,5)19-12-10-14(2,3)16(6)13(18)9-8-11-17/h8-9,11H,7,10,12H2,1-6H3/b9-8-. The highest BCUT2D eigenvalue weighted by molar-refractivity contribution is 5.91. The van der Waals surface area contributed by atoms with Gasteiger partial charge >= 0.3 is 0 Å². The summed E-state index contributed by atoms with van der Waals surface area (Å²) in [7, 11) is 1.74. The number of allylic oxidation sites excluding steroid dienone is 1. The van der Waals surface area contributed by atoms with E-state index >= 15 is 0 Å². The zero-order chi connectivity index (χ0) is 15.1. The third-order valence-corrected chi connectivity index (χ3v) is 3.61. The Labute approximate surface area is 116 Å². The van der Waals surface area contributed by atoms with Crippen LogP contribution >= 0.6 is 0 Å². The lowest BCUT2D eigenvalue weighted by Crippen LogP contribution is -2.45. The molecule has 0 aliphatic carbocycles. The van der Waals surface area contributed by atoms with Crippen LogP contribution in [0.15, 0.2) is 12.2 Å². The number of carbonyl (C=O) groups is 2. The van der Waals surface area contributed by atoms with Gasteiger partial charge in [-0.1, -0.05) is 6.92 Å². The molecule has 0 heterocycles. The van der Waals surface area contributed by atoms with Gasteiger partial charge in [0.25, 0.3) is 0 Å². The summed E-state index contributed by atoms with van der Waals surface area (Å²) in [4.78, 5) is 23.7. The highest BCUT2D eigenvalue weighted by atomic mass is 16.5. The van der Waals surface area contributed by atoms with Crippen molar-refractivity contribution in [3.05, 3.63) is 12.2 Å². The Morgan fingerprint density at radius 1 is 1.26 bits per heavy atom. The van der Waals surface area contributed by atoms with Crippen molar-refractivity contribution >= 4 is 12.2 Å². The van der Waals surface area contributed by atoms with Gasteiger partial charge in [-0.3, -0.25) is 9.59 Å². The highest BCUT2D eigenvalue weighted by Gasteiger charge is 2.27. The van der Waals surface area contributed by atoms with Gasteiger partial charge in [0.1, 0.15) is 6.29 Å².